The fraction of sp³-hybridized carbons (Fsp3) is 0.462. The van der Waals surface area contributed by atoms with Gasteiger partial charge in [-0.1, -0.05) is 6.42 Å². The highest BCUT2D eigenvalue weighted by atomic mass is 127. The largest absolute Gasteiger partial charge is 0.330 e. The van der Waals surface area contributed by atoms with Crippen LogP contribution in [-0.4, -0.2) is 12.5 Å². The van der Waals surface area contributed by atoms with Crippen molar-refractivity contribution in [2.75, 3.05) is 11.9 Å². The van der Waals surface area contributed by atoms with Crippen molar-refractivity contribution in [3.05, 3.63) is 27.8 Å². The van der Waals surface area contributed by atoms with E-state index in [-0.39, 0.29) is 24.2 Å². The number of nitrogens with two attached hydrogens (primary N) is 1. The van der Waals surface area contributed by atoms with Gasteiger partial charge in [-0.15, -0.1) is 12.4 Å². The highest BCUT2D eigenvalue weighted by Crippen LogP contribution is 2.31. The lowest BCUT2D eigenvalue weighted by Gasteiger charge is -2.17. The molecule has 100 valence electrons. The lowest BCUT2D eigenvalue weighted by molar-refractivity contribution is -0.120. The normalized spacial score (nSPS) is 22.3. The van der Waals surface area contributed by atoms with E-state index in [9.17, 15) is 4.79 Å². The Morgan fingerprint density at radius 1 is 1.33 bits per heavy atom. The molecule has 1 aliphatic rings. The summed E-state index contributed by atoms with van der Waals surface area (Å²) >= 11 is 2.25. The van der Waals surface area contributed by atoms with Crippen LogP contribution >= 0.6 is 35.0 Å². The van der Waals surface area contributed by atoms with Gasteiger partial charge in [0.25, 0.3) is 0 Å². The average Bonchev–Trinajstić information content (AvgIpc) is 2.80. The summed E-state index contributed by atoms with van der Waals surface area (Å²) in [4.78, 5) is 12.1. The van der Waals surface area contributed by atoms with Gasteiger partial charge in [0.2, 0.25) is 5.91 Å². The Bertz CT molecular complexity index is 396. The molecule has 1 aromatic rings. The molecule has 0 unspecified atom stereocenters. The minimum atomic E-state index is 0. The molecule has 0 radical (unpaired) electrons. The van der Waals surface area contributed by atoms with Gasteiger partial charge in [-0.05, 0) is 72.2 Å². The number of hydrogen-bond donors (Lipinski definition) is 2. The monoisotopic (exact) mass is 380 g/mol. The van der Waals surface area contributed by atoms with E-state index in [2.05, 4.69) is 27.9 Å². The molecule has 0 aliphatic heterocycles. The highest BCUT2D eigenvalue weighted by Gasteiger charge is 2.31. The van der Waals surface area contributed by atoms with Gasteiger partial charge in [0.1, 0.15) is 0 Å². The lowest BCUT2D eigenvalue weighted by Crippen LogP contribution is -2.29. The van der Waals surface area contributed by atoms with Crippen LogP contribution in [-0.2, 0) is 4.79 Å². The molecule has 0 saturated heterocycles. The summed E-state index contributed by atoms with van der Waals surface area (Å²) in [5.74, 6) is 0.581. The van der Waals surface area contributed by atoms with Gasteiger partial charge in [-0.3, -0.25) is 4.79 Å². The molecular weight excluding hydrogens is 363 g/mol. The Morgan fingerprint density at radius 3 is 2.61 bits per heavy atom. The van der Waals surface area contributed by atoms with E-state index in [4.69, 9.17) is 5.73 Å². The van der Waals surface area contributed by atoms with Crippen molar-refractivity contribution in [3.8, 4) is 0 Å². The van der Waals surface area contributed by atoms with Gasteiger partial charge in [-0.25, -0.2) is 0 Å². The second kappa shape index (κ2) is 7.31. The van der Waals surface area contributed by atoms with E-state index >= 15 is 0 Å². The van der Waals surface area contributed by atoms with Crippen molar-refractivity contribution in [1.29, 1.82) is 0 Å². The fourth-order valence-electron chi connectivity index (χ4n) is 2.43. The number of hydrogen-bond acceptors (Lipinski definition) is 2. The quantitative estimate of drug-likeness (QED) is 0.792. The summed E-state index contributed by atoms with van der Waals surface area (Å²) in [6.45, 7) is 0.616. The predicted octanol–water partition coefficient (Wildman–Crippen LogP) is 3.03. The molecule has 0 aromatic heterocycles. The molecule has 1 aromatic carbocycles. The molecule has 18 heavy (non-hydrogen) atoms. The van der Waals surface area contributed by atoms with Gasteiger partial charge in [0.15, 0.2) is 0 Å². The van der Waals surface area contributed by atoms with Crippen LogP contribution in [0.3, 0.4) is 0 Å². The first-order chi connectivity index (χ1) is 8.20. The Hall–Kier alpha value is -0.330. The zero-order valence-corrected chi connectivity index (χ0v) is 13.0. The molecule has 0 bridgehead atoms. The molecule has 3 nitrogen and oxygen atoms in total. The summed E-state index contributed by atoms with van der Waals surface area (Å²) in [5.41, 5.74) is 6.57. The van der Waals surface area contributed by atoms with Gasteiger partial charge in [0, 0.05) is 15.2 Å². The van der Waals surface area contributed by atoms with Crippen LogP contribution in [0.5, 0.6) is 0 Å². The molecule has 0 heterocycles. The highest BCUT2D eigenvalue weighted by molar-refractivity contribution is 14.1. The Kier molecular flexibility index (Phi) is 6.38. The summed E-state index contributed by atoms with van der Waals surface area (Å²) in [6.07, 6.45) is 3.17. The van der Waals surface area contributed by atoms with Crippen LogP contribution in [0.2, 0.25) is 0 Å². The fourth-order valence-corrected chi connectivity index (χ4v) is 2.79. The lowest BCUT2D eigenvalue weighted by atomic mass is 9.95. The molecule has 1 amide bonds. The smallest absolute Gasteiger partial charge is 0.227 e. The molecule has 5 heteroatoms. The number of amides is 1. The first-order valence-corrected chi connectivity index (χ1v) is 7.05. The van der Waals surface area contributed by atoms with Crippen LogP contribution in [0.1, 0.15) is 19.3 Å². The topological polar surface area (TPSA) is 55.1 Å². The maximum atomic E-state index is 12.1. The van der Waals surface area contributed by atoms with Gasteiger partial charge < -0.3 is 11.1 Å². The van der Waals surface area contributed by atoms with Gasteiger partial charge in [-0.2, -0.15) is 0 Å². The molecule has 2 rings (SSSR count). The van der Waals surface area contributed by atoms with Crippen LogP contribution < -0.4 is 11.1 Å². The van der Waals surface area contributed by atoms with Crippen molar-refractivity contribution < 1.29 is 4.79 Å². The van der Waals surface area contributed by atoms with Crippen LogP contribution in [0.25, 0.3) is 0 Å². The first-order valence-electron chi connectivity index (χ1n) is 5.97. The Morgan fingerprint density at radius 2 is 2.00 bits per heavy atom. The van der Waals surface area contributed by atoms with Crippen molar-refractivity contribution in [1.82, 2.24) is 0 Å². The number of nitrogens with one attached hydrogen (secondary N) is 1. The van der Waals surface area contributed by atoms with E-state index in [1.807, 2.05) is 24.3 Å². The van der Waals surface area contributed by atoms with Crippen molar-refractivity contribution in [2.24, 2.45) is 17.6 Å². The second-order valence-electron chi connectivity index (χ2n) is 4.53. The number of anilines is 1. The van der Waals surface area contributed by atoms with Crippen molar-refractivity contribution in [2.45, 2.75) is 19.3 Å². The van der Waals surface area contributed by atoms with E-state index in [0.29, 0.717) is 12.5 Å². The van der Waals surface area contributed by atoms with Gasteiger partial charge in [0.05, 0.1) is 0 Å². The summed E-state index contributed by atoms with van der Waals surface area (Å²) in [6, 6.07) is 7.86. The van der Waals surface area contributed by atoms with E-state index < -0.39 is 0 Å². The van der Waals surface area contributed by atoms with Crippen LogP contribution in [0.15, 0.2) is 24.3 Å². The van der Waals surface area contributed by atoms with E-state index in [1.165, 1.54) is 3.57 Å². The third-order valence-corrected chi connectivity index (χ3v) is 4.13. The molecule has 0 spiro atoms. The third-order valence-electron chi connectivity index (χ3n) is 3.41. The standard InChI is InChI=1S/C13H17IN2O.ClH/c14-10-4-6-11(7-5-10)16-13(17)12-3-1-2-9(12)8-15;/h4-7,9,12H,1-3,8,15H2,(H,16,17);1H/t9-,12-;/m1./s1. The first kappa shape index (κ1) is 15.7. The minimum absolute atomic E-state index is 0. The molecule has 2 atom stereocenters. The zero-order chi connectivity index (χ0) is 12.3. The van der Waals surface area contributed by atoms with Crippen LogP contribution in [0, 0.1) is 15.4 Å². The number of benzene rings is 1. The minimum Gasteiger partial charge on any atom is -0.330 e. The maximum Gasteiger partial charge on any atom is 0.227 e. The van der Waals surface area contributed by atoms with Crippen molar-refractivity contribution in [3.63, 3.8) is 0 Å². The molecular formula is C13H18ClIN2O. The SMILES string of the molecule is Cl.NC[C@H]1CCC[C@H]1C(=O)Nc1ccc(I)cc1. The van der Waals surface area contributed by atoms with E-state index in [1.54, 1.807) is 0 Å². The van der Waals surface area contributed by atoms with Crippen LogP contribution in [0.4, 0.5) is 5.69 Å². The Labute approximate surface area is 127 Å². The number of rotatable bonds is 3. The number of carbonyl (C=O) groups is 1. The third kappa shape index (κ3) is 3.83. The predicted molar refractivity (Wildman–Crippen MR) is 84.9 cm³/mol. The maximum absolute atomic E-state index is 12.1. The Balaban J connectivity index is 0.00000162. The summed E-state index contributed by atoms with van der Waals surface area (Å²) in [5, 5.41) is 2.98. The molecule has 1 aliphatic carbocycles. The molecule has 1 saturated carbocycles. The van der Waals surface area contributed by atoms with E-state index in [0.717, 1.165) is 24.9 Å². The second-order valence-corrected chi connectivity index (χ2v) is 5.77. The zero-order valence-electron chi connectivity index (χ0n) is 10.1. The summed E-state index contributed by atoms with van der Waals surface area (Å²) in [7, 11) is 0. The molecule has 1 fully saturated rings. The number of carbonyl (C=O) groups excluding carboxylic acids is 1. The van der Waals surface area contributed by atoms with Gasteiger partial charge >= 0.3 is 0 Å². The number of halogens is 2. The van der Waals surface area contributed by atoms with Crippen molar-refractivity contribution >= 4 is 46.6 Å². The molecule has 3 N–H and O–H groups in total. The average molecular weight is 381 g/mol. The summed E-state index contributed by atoms with van der Waals surface area (Å²) < 4.78 is 1.17.